The molecule has 2 heterocycles. The third-order valence-electron chi connectivity index (χ3n) is 3.35. The van der Waals surface area contributed by atoms with Crippen LogP contribution < -0.4 is 14.8 Å². The number of thiazole rings is 1. The lowest BCUT2D eigenvalue weighted by Gasteiger charge is -2.07. The van der Waals surface area contributed by atoms with Gasteiger partial charge in [-0.15, -0.1) is 11.3 Å². The first-order valence-electron chi connectivity index (χ1n) is 7.29. The van der Waals surface area contributed by atoms with E-state index in [-0.39, 0.29) is 19.3 Å². The summed E-state index contributed by atoms with van der Waals surface area (Å²) in [6, 6.07) is 5.43. The predicted octanol–water partition coefficient (Wildman–Crippen LogP) is 1.96. The molecule has 1 amide bonds. The molecule has 1 aliphatic heterocycles. The summed E-state index contributed by atoms with van der Waals surface area (Å²) < 4.78 is 15.5. The van der Waals surface area contributed by atoms with E-state index in [1.54, 1.807) is 19.1 Å². The van der Waals surface area contributed by atoms with Gasteiger partial charge in [-0.3, -0.25) is 4.79 Å². The van der Waals surface area contributed by atoms with Gasteiger partial charge < -0.3 is 19.5 Å². The molecule has 8 heteroatoms. The van der Waals surface area contributed by atoms with Crippen molar-refractivity contribution in [3.8, 4) is 11.5 Å². The van der Waals surface area contributed by atoms with Crippen LogP contribution in [0.2, 0.25) is 0 Å². The Labute approximate surface area is 142 Å². The summed E-state index contributed by atoms with van der Waals surface area (Å²) in [7, 11) is 0. The molecule has 1 aromatic heterocycles. The number of aromatic nitrogens is 1. The number of carbonyl (C=O) groups is 2. The summed E-state index contributed by atoms with van der Waals surface area (Å²) in [4.78, 5) is 28.3. The van der Waals surface area contributed by atoms with Gasteiger partial charge in [-0.1, -0.05) is 6.07 Å². The van der Waals surface area contributed by atoms with E-state index in [0.717, 1.165) is 10.6 Å². The summed E-state index contributed by atoms with van der Waals surface area (Å²) in [6.45, 7) is 3.73. The number of nitrogens with one attached hydrogen (secondary N) is 1. The third kappa shape index (κ3) is 3.65. The number of hydrogen-bond donors (Lipinski definition) is 1. The SMILES string of the molecule is Cc1nc(C)c(C(=O)OCC(=O)NCc2ccc3c(c2)OCO3)s1. The van der Waals surface area contributed by atoms with Crippen LogP contribution in [0.15, 0.2) is 18.2 Å². The molecule has 0 saturated heterocycles. The molecular weight excluding hydrogens is 332 g/mol. The molecule has 7 nitrogen and oxygen atoms in total. The van der Waals surface area contributed by atoms with Gasteiger partial charge in [0.2, 0.25) is 6.79 Å². The zero-order chi connectivity index (χ0) is 17.1. The van der Waals surface area contributed by atoms with E-state index >= 15 is 0 Å². The smallest absolute Gasteiger partial charge is 0.350 e. The normalized spacial score (nSPS) is 12.1. The number of ether oxygens (including phenoxy) is 3. The van der Waals surface area contributed by atoms with Crippen molar-refractivity contribution in [1.82, 2.24) is 10.3 Å². The first kappa shape index (κ1) is 16.3. The van der Waals surface area contributed by atoms with Crippen LogP contribution in [0.4, 0.5) is 0 Å². The van der Waals surface area contributed by atoms with Crippen LogP contribution in [0, 0.1) is 13.8 Å². The lowest BCUT2D eigenvalue weighted by Crippen LogP contribution is -2.28. The van der Waals surface area contributed by atoms with Gasteiger partial charge in [0, 0.05) is 6.54 Å². The standard InChI is InChI=1S/C16H16N2O5S/c1-9-15(24-10(2)18-9)16(20)21-7-14(19)17-6-11-3-4-12-13(5-11)23-8-22-12/h3-5H,6-8H2,1-2H3,(H,17,19). The van der Waals surface area contributed by atoms with Crippen LogP contribution in [-0.4, -0.2) is 30.3 Å². The van der Waals surface area contributed by atoms with Gasteiger partial charge in [-0.25, -0.2) is 9.78 Å². The average molecular weight is 348 g/mol. The molecule has 24 heavy (non-hydrogen) atoms. The molecule has 0 unspecified atom stereocenters. The number of amides is 1. The van der Waals surface area contributed by atoms with Crippen molar-refractivity contribution in [2.24, 2.45) is 0 Å². The first-order valence-corrected chi connectivity index (χ1v) is 8.11. The van der Waals surface area contributed by atoms with Crippen LogP contribution in [-0.2, 0) is 16.1 Å². The van der Waals surface area contributed by atoms with Gasteiger partial charge in [0.1, 0.15) is 4.88 Å². The average Bonchev–Trinajstić information content (AvgIpc) is 3.15. The van der Waals surface area contributed by atoms with E-state index in [2.05, 4.69) is 10.3 Å². The molecule has 1 aromatic carbocycles. The second-order valence-corrected chi connectivity index (χ2v) is 6.39. The van der Waals surface area contributed by atoms with Crippen LogP contribution in [0.1, 0.15) is 25.9 Å². The quantitative estimate of drug-likeness (QED) is 0.831. The fourth-order valence-corrected chi connectivity index (χ4v) is 3.03. The van der Waals surface area contributed by atoms with Crippen molar-refractivity contribution in [3.05, 3.63) is 39.3 Å². The van der Waals surface area contributed by atoms with Crippen LogP contribution in [0.3, 0.4) is 0 Å². The molecule has 126 valence electrons. The summed E-state index contributed by atoms with van der Waals surface area (Å²) >= 11 is 1.25. The highest BCUT2D eigenvalue weighted by Gasteiger charge is 2.17. The van der Waals surface area contributed by atoms with Gasteiger partial charge in [-0.2, -0.15) is 0 Å². The molecule has 0 radical (unpaired) electrons. The van der Waals surface area contributed by atoms with Crippen molar-refractivity contribution < 1.29 is 23.8 Å². The molecule has 0 aliphatic carbocycles. The van der Waals surface area contributed by atoms with Gasteiger partial charge in [0.05, 0.1) is 10.7 Å². The topological polar surface area (TPSA) is 86.8 Å². The van der Waals surface area contributed by atoms with Crippen LogP contribution in [0.25, 0.3) is 0 Å². The third-order valence-corrected chi connectivity index (χ3v) is 4.40. The van der Waals surface area contributed by atoms with Gasteiger partial charge in [0.25, 0.3) is 5.91 Å². The number of esters is 1. The fraction of sp³-hybridized carbons (Fsp3) is 0.312. The summed E-state index contributed by atoms with van der Waals surface area (Å²) in [5, 5.41) is 3.48. The lowest BCUT2D eigenvalue weighted by atomic mass is 10.2. The molecular formula is C16H16N2O5S. The number of rotatable bonds is 5. The number of carbonyl (C=O) groups excluding carboxylic acids is 2. The minimum atomic E-state index is -0.531. The Bertz CT molecular complexity index is 787. The van der Waals surface area contributed by atoms with Crippen LogP contribution in [0.5, 0.6) is 11.5 Å². The summed E-state index contributed by atoms with van der Waals surface area (Å²) in [5.74, 6) is 0.440. The predicted molar refractivity (Wildman–Crippen MR) is 86.3 cm³/mol. The molecule has 0 fully saturated rings. The van der Waals surface area contributed by atoms with E-state index in [1.807, 2.05) is 13.0 Å². The zero-order valence-corrected chi connectivity index (χ0v) is 14.1. The number of hydrogen-bond acceptors (Lipinski definition) is 7. The highest BCUT2D eigenvalue weighted by molar-refractivity contribution is 7.13. The van der Waals surface area contributed by atoms with Gasteiger partial charge >= 0.3 is 5.97 Å². The number of fused-ring (bicyclic) bond motifs is 1. The molecule has 1 aliphatic rings. The molecule has 1 N–H and O–H groups in total. The maximum atomic E-state index is 11.9. The second kappa shape index (κ2) is 6.88. The Morgan fingerprint density at radius 3 is 2.83 bits per heavy atom. The molecule has 0 bridgehead atoms. The maximum absolute atomic E-state index is 11.9. The van der Waals surface area contributed by atoms with Crippen LogP contribution >= 0.6 is 11.3 Å². The van der Waals surface area contributed by atoms with Crippen molar-refractivity contribution >= 4 is 23.2 Å². The van der Waals surface area contributed by atoms with Gasteiger partial charge in [0.15, 0.2) is 18.1 Å². The minimum Gasteiger partial charge on any atom is -0.454 e. The highest BCUT2D eigenvalue weighted by Crippen LogP contribution is 2.32. The van der Waals surface area contributed by atoms with E-state index in [9.17, 15) is 9.59 Å². The van der Waals surface area contributed by atoms with Crippen molar-refractivity contribution in [2.45, 2.75) is 20.4 Å². The molecule has 0 saturated carbocycles. The molecule has 0 atom stereocenters. The fourth-order valence-electron chi connectivity index (χ4n) is 2.22. The highest BCUT2D eigenvalue weighted by atomic mass is 32.1. The summed E-state index contributed by atoms with van der Waals surface area (Å²) in [5.41, 5.74) is 1.48. The van der Waals surface area contributed by atoms with E-state index < -0.39 is 5.97 Å². The van der Waals surface area contributed by atoms with Crippen molar-refractivity contribution in [1.29, 1.82) is 0 Å². The van der Waals surface area contributed by atoms with Crippen molar-refractivity contribution in [3.63, 3.8) is 0 Å². The Morgan fingerprint density at radius 2 is 2.08 bits per heavy atom. The van der Waals surface area contributed by atoms with Gasteiger partial charge in [-0.05, 0) is 31.5 Å². The minimum absolute atomic E-state index is 0.206. The largest absolute Gasteiger partial charge is 0.454 e. The Hall–Kier alpha value is -2.61. The second-order valence-electron chi connectivity index (χ2n) is 5.19. The van der Waals surface area contributed by atoms with E-state index in [0.29, 0.717) is 28.6 Å². The Balaban J connectivity index is 1.47. The zero-order valence-electron chi connectivity index (χ0n) is 13.3. The van der Waals surface area contributed by atoms with E-state index in [1.165, 1.54) is 11.3 Å². The molecule has 3 rings (SSSR count). The number of aryl methyl sites for hydroxylation is 2. The maximum Gasteiger partial charge on any atom is 0.350 e. The number of benzene rings is 1. The Morgan fingerprint density at radius 1 is 1.29 bits per heavy atom. The number of nitrogens with zero attached hydrogens (tertiary/aromatic N) is 1. The molecule has 2 aromatic rings. The monoisotopic (exact) mass is 348 g/mol. The summed E-state index contributed by atoms with van der Waals surface area (Å²) in [6.07, 6.45) is 0. The molecule has 0 spiro atoms. The van der Waals surface area contributed by atoms with Crippen molar-refractivity contribution in [2.75, 3.05) is 13.4 Å². The lowest BCUT2D eigenvalue weighted by molar-refractivity contribution is -0.124. The first-order chi connectivity index (χ1) is 11.5. The Kier molecular flexibility index (Phi) is 4.66. The van der Waals surface area contributed by atoms with E-state index in [4.69, 9.17) is 14.2 Å².